The minimum absolute atomic E-state index is 0.577. The van der Waals surface area contributed by atoms with Crippen LogP contribution in [0.5, 0.6) is 0 Å². The second kappa shape index (κ2) is 5.25. The van der Waals surface area contributed by atoms with E-state index in [1.165, 1.54) is 11.8 Å². The average molecular weight is 222 g/mol. The molecular formula is C10H11BO3S. The zero-order chi connectivity index (χ0) is 10.5. The highest BCUT2D eigenvalue weighted by Crippen LogP contribution is 2.26. The molecule has 0 unspecified atom stereocenters. The van der Waals surface area contributed by atoms with Crippen molar-refractivity contribution in [3.8, 4) is 0 Å². The van der Waals surface area contributed by atoms with E-state index in [4.69, 9.17) is 14.0 Å². The van der Waals surface area contributed by atoms with Gasteiger partial charge in [-0.2, -0.15) is 0 Å². The third-order valence-corrected chi connectivity index (χ3v) is 2.63. The molecule has 0 saturated carbocycles. The summed E-state index contributed by atoms with van der Waals surface area (Å²) in [7, 11) is -0.589. The van der Waals surface area contributed by atoms with Crippen molar-refractivity contribution in [2.45, 2.75) is 4.90 Å². The van der Waals surface area contributed by atoms with Gasteiger partial charge in [-0.25, -0.2) is 0 Å². The summed E-state index contributed by atoms with van der Waals surface area (Å²) in [5.74, 6) is 0. The number of hydrogen-bond donors (Lipinski definition) is 0. The summed E-state index contributed by atoms with van der Waals surface area (Å²) in [6, 6.07) is 9.90. The van der Waals surface area contributed by atoms with Gasteiger partial charge in [0.05, 0.1) is 13.2 Å². The Morgan fingerprint density at radius 2 is 1.93 bits per heavy atom. The molecule has 5 heteroatoms. The van der Waals surface area contributed by atoms with Crippen molar-refractivity contribution in [3.63, 3.8) is 0 Å². The summed E-state index contributed by atoms with van der Waals surface area (Å²) in [6.45, 7) is 4.95. The molecule has 0 atom stereocenters. The van der Waals surface area contributed by atoms with Crippen molar-refractivity contribution in [3.05, 3.63) is 42.0 Å². The van der Waals surface area contributed by atoms with E-state index in [9.17, 15) is 0 Å². The Hall–Kier alpha value is -0.905. The van der Waals surface area contributed by atoms with Crippen LogP contribution in [0.4, 0.5) is 0 Å². The molecule has 0 spiro atoms. The van der Waals surface area contributed by atoms with Crippen LogP contribution in [-0.2, 0) is 14.0 Å². The van der Waals surface area contributed by atoms with Crippen molar-refractivity contribution in [1.29, 1.82) is 0 Å². The van der Waals surface area contributed by atoms with E-state index >= 15 is 0 Å². The van der Waals surface area contributed by atoms with E-state index in [0.29, 0.717) is 18.3 Å². The van der Waals surface area contributed by atoms with Crippen LogP contribution in [0.3, 0.4) is 0 Å². The SMILES string of the molecule is C=C(OB1OCCO1)Sc1ccccc1. The summed E-state index contributed by atoms with van der Waals surface area (Å²) in [5.41, 5.74) is 0. The third kappa shape index (κ3) is 3.30. The fourth-order valence-corrected chi connectivity index (χ4v) is 1.84. The van der Waals surface area contributed by atoms with Gasteiger partial charge >= 0.3 is 7.32 Å². The van der Waals surface area contributed by atoms with Crippen molar-refractivity contribution < 1.29 is 14.0 Å². The Balaban J connectivity index is 1.82. The molecule has 0 aromatic heterocycles. The van der Waals surface area contributed by atoms with Crippen LogP contribution in [0, 0.1) is 0 Å². The van der Waals surface area contributed by atoms with Crippen LogP contribution in [0.1, 0.15) is 0 Å². The third-order valence-electron chi connectivity index (χ3n) is 1.79. The van der Waals surface area contributed by atoms with Crippen LogP contribution in [-0.4, -0.2) is 20.5 Å². The van der Waals surface area contributed by atoms with Crippen LogP contribution in [0.2, 0.25) is 0 Å². The van der Waals surface area contributed by atoms with Gasteiger partial charge in [-0.05, 0) is 12.1 Å². The lowest BCUT2D eigenvalue weighted by atomic mass is 10.2. The molecule has 1 aromatic carbocycles. The zero-order valence-electron chi connectivity index (χ0n) is 8.22. The lowest BCUT2D eigenvalue weighted by Gasteiger charge is -2.09. The Morgan fingerprint density at radius 1 is 1.27 bits per heavy atom. The molecule has 2 rings (SSSR count). The van der Waals surface area contributed by atoms with Crippen LogP contribution in [0.25, 0.3) is 0 Å². The first-order valence-electron chi connectivity index (χ1n) is 4.66. The molecule has 3 nitrogen and oxygen atoms in total. The number of rotatable bonds is 4. The molecule has 1 aliphatic rings. The summed E-state index contributed by atoms with van der Waals surface area (Å²) in [6.07, 6.45) is 0. The summed E-state index contributed by atoms with van der Waals surface area (Å²) in [5, 5.41) is 0.577. The predicted octanol–water partition coefficient (Wildman–Crippen LogP) is 2.30. The Labute approximate surface area is 93.6 Å². The molecule has 78 valence electrons. The summed E-state index contributed by atoms with van der Waals surface area (Å²) in [4.78, 5) is 1.08. The Bertz CT molecular complexity index is 325. The molecule has 15 heavy (non-hydrogen) atoms. The molecule has 0 radical (unpaired) electrons. The van der Waals surface area contributed by atoms with Crippen molar-refractivity contribution in [2.24, 2.45) is 0 Å². The van der Waals surface area contributed by atoms with Crippen LogP contribution >= 0.6 is 11.8 Å². The van der Waals surface area contributed by atoms with Crippen LogP contribution in [0.15, 0.2) is 46.9 Å². The van der Waals surface area contributed by atoms with Crippen molar-refractivity contribution in [1.82, 2.24) is 0 Å². The van der Waals surface area contributed by atoms with E-state index in [2.05, 4.69) is 6.58 Å². The van der Waals surface area contributed by atoms with Crippen molar-refractivity contribution >= 4 is 19.1 Å². The first-order valence-corrected chi connectivity index (χ1v) is 5.48. The van der Waals surface area contributed by atoms with Gasteiger partial charge in [0, 0.05) is 4.90 Å². The molecule has 1 fully saturated rings. The standard InChI is InChI=1S/C10H11BO3S/c1-9(14-11-12-7-8-13-11)15-10-5-3-2-4-6-10/h2-6H,1,7-8H2. The zero-order valence-corrected chi connectivity index (χ0v) is 9.03. The smallest absolute Gasteiger partial charge is 0.507 e. The first-order chi connectivity index (χ1) is 7.34. The number of thioether (sulfide) groups is 1. The molecule has 1 saturated heterocycles. The minimum Gasteiger partial charge on any atom is -0.507 e. The van der Waals surface area contributed by atoms with Gasteiger partial charge in [-0.15, -0.1) is 0 Å². The van der Waals surface area contributed by atoms with Gasteiger partial charge in [0.15, 0.2) is 0 Å². The van der Waals surface area contributed by atoms with E-state index in [-0.39, 0.29) is 0 Å². The van der Waals surface area contributed by atoms with E-state index in [0.717, 1.165) is 4.90 Å². The van der Waals surface area contributed by atoms with Gasteiger partial charge in [0.2, 0.25) is 0 Å². The highest BCUT2D eigenvalue weighted by Gasteiger charge is 2.29. The fraction of sp³-hybridized carbons (Fsp3) is 0.200. The average Bonchev–Trinajstić information content (AvgIpc) is 2.71. The summed E-state index contributed by atoms with van der Waals surface area (Å²) < 4.78 is 15.6. The lowest BCUT2D eigenvalue weighted by molar-refractivity contribution is 0.239. The van der Waals surface area contributed by atoms with E-state index in [1.807, 2.05) is 30.3 Å². The molecule has 0 amide bonds. The second-order valence-corrected chi connectivity index (χ2v) is 4.07. The number of hydrogen-bond acceptors (Lipinski definition) is 4. The maximum atomic E-state index is 5.34. The first kappa shape index (κ1) is 10.6. The lowest BCUT2D eigenvalue weighted by Crippen LogP contribution is -2.17. The molecule has 0 bridgehead atoms. The predicted molar refractivity (Wildman–Crippen MR) is 60.2 cm³/mol. The maximum Gasteiger partial charge on any atom is 0.713 e. The maximum absolute atomic E-state index is 5.34. The molecule has 1 aliphatic heterocycles. The van der Waals surface area contributed by atoms with Crippen molar-refractivity contribution in [2.75, 3.05) is 13.2 Å². The van der Waals surface area contributed by atoms with E-state index in [1.54, 1.807) is 0 Å². The molecular weight excluding hydrogens is 211 g/mol. The summed E-state index contributed by atoms with van der Waals surface area (Å²) >= 11 is 1.45. The van der Waals surface area contributed by atoms with Gasteiger partial charge < -0.3 is 14.0 Å². The Morgan fingerprint density at radius 3 is 2.60 bits per heavy atom. The quantitative estimate of drug-likeness (QED) is 0.443. The van der Waals surface area contributed by atoms with Gasteiger partial charge in [-0.1, -0.05) is 36.5 Å². The molecule has 0 N–H and O–H groups in total. The van der Waals surface area contributed by atoms with Gasteiger partial charge in [0.25, 0.3) is 0 Å². The topological polar surface area (TPSA) is 27.7 Å². The van der Waals surface area contributed by atoms with Crippen LogP contribution < -0.4 is 0 Å². The second-order valence-electron chi connectivity index (χ2n) is 2.94. The van der Waals surface area contributed by atoms with E-state index < -0.39 is 7.32 Å². The highest BCUT2D eigenvalue weighted by molar-refractivity contribution is 8.02. The highest BCUT2D eigenvalue weighted by atomic mass is 32.2. The minimum atomic E-state index is -0.589. The Kier molecular flexibility index (Phi) is 3.72. The fourth-order valence-electron chi connectivity index (χ4n) is 1.16. The normalized spacial score (nSPS) is 15.3. The molecule has 0 aliphatic carbocycles. The number of benzene rings is 1. The largest absolute Gasteiger partial charge is 0.713 e. The van der Waals surface area contributed by atoms with Gasteiger partial charge in [0.1, 0.15) is 5.09 Å². The molecule has 1 aromatic rings. The van der Waals surface area contributed by atoms with Gasteiger partial charge in [-0.3, -0.25) is 0 Å². The monoisotopic (exact) mass is 222 g/mol. The molecule has 1 heterocycles.